The van der Waals surface area contributed by atoms with Crippen LogP contribution < -0.4 is 10.8 Å². The van der Waals surface area contributed by atoms with Crippen molar-refractivity contribution in [3.05, 3.63) is 74.8 Å². The third-order valence-corrected chi connectivity index (χ3v) is 3.77. The summed E-state index contributed by atoms with van der Waals surface area (Å²) in [6.07, 6.45) is -0.819. The van der Waals surface area contributed by atoms with Gasteiger partial charge in [-0.15, -0.1) is 0 Å². The molecule has 0 saturated heterocycles. The number of carboxylic acids is 2. The fourth-order valence-electron chi connectivity index (χ4n) is 2.42. The van der Waals surface area contributed by atoms with Gasteiger partial charge in [0.1, 0.15) is 0 Å². The normalized spacial score (nSPS) is 11.5. The van der Waals surface area contributed by atoms with Crippen LogP contribution in [-0.4, -0.2) is 39.1 Å². The molecule has 0 aromatic heterocycles. The summed E-state index contributed by atoms with van der Waals surface area (Å²) in [5, 5.41) is 31.6. The average Bonchev–Trinajstić information content (AvgIpc) is 2.67. The number of hydroxylamine groups is 1. The Morgan fingerprint density at radius 1 is 1.07 bits per heavy atom. The van der Waals surface area contributed by atoms with Gasteiger partial charge in [-0.1, -0.05) is 18.2 Å². The molecule has 0 radical (unpaired) electrons. The summed E-state index contributed by atoms with van der Waals surface area (Å²) >= 11 is 0. The van der Waals surface area contributed by atoms with E-state index in [1.165, 1.54) is 13.0 Å². The summed E-state index contributed by atoms with van der Waals surface area (Å²) in [5.41, 5.74) is 1.74. The Morgan fingerprint density at radius 3 is 2.34 bits per heavy atom. The molecule has 29 heavy (non-hydrogen) atoms. The van der Waals surface area contributed by atoms with Crippen molar-refractivity contribution in [2.45, 2.75) is 19.7 Å². The van der Waals surface area contributed by atoms with Crippen molar-refractivity contribution < 1.29 is 34.4 Å². The van der Waals surface area contributed by atoms with Gasteiger partial charge in [-0.05, 0) is 24.6 Å². The lowest BCUT2D eigenvalue weighted by atomic mass is 10.1. The summed E-state index contributed by atoms with van der Waals surface area (Å²) in [7, 11) is 0. The third kappa shape index (κ3) is 5.57. The third-order valence-electron chi connectivity index (χ3n) is 3.77. The van der Waals surface area contributed by atoms with Gasteiger partial charge in [0.25, 0.3) is 11.6 Å². The number of nitrogens with zero attached hydrogens (tertiary/aromatic N) is 1. The molecule has 1 unspecified atom stereocenters. The number of aromatic carboxylic acids is 2. The van der Waals surface area contributed by atoms with Gasteiger partial charge in [0.05, 0.1) is 34.4 Å². The molecular weight excluding hydrogens is 386 g/mol. The van der Waals surface area contributed by atoms with Crippen LogP contribution in [0.5, 0.6) is 0 Å². The van der Waals surface area contributed by atoms with E-state index >= 15 is 0 Å². The molecule has 0 saturated carbocycles. The van der Waals surface area contributed by atoms with Crippen LogP contribution in [0, 0.1) is 10.1 Å². The standard InChI is InChI=1S/C18H17N3O8/c1-10(20-29-9-11-4-2-3-5-13(11)17(23)24)19-16(22)15-8-12(21(27)28)6-7-14(15)18(25)26/h2-8,10,20H,9H2,1H3,(H,19,22)(H,23,24)(H,25,26). The average molecular weight is 403 g/mol. The van der Waals surface area contributed by atoms with Crippen molar-refractivity contribution in [3.8, 4) is 0 Å². The number of nitro benzene ring substituents is 1. The maximum atomic E-state index is 12.4. The minimum absolute atomic E-state index is 0.0636. The minimum Gasteiger partial charge on any atom is -0.478 e. The molecule has 0 aliphatic rings. The number of nitrogens with one attached hydrogen (secondary N) is 2. The lowest BCUT2D eigenvalue weighted by Crippen LogP contribution is -2.43. The van der Waals surface area contributed by atoms with Gasteiger partial charge in [-0.2, -0.15) is 5.48 Å². The molecular formula is C18H17N3O8. The summed E-state index contributed by atoms with van der Waals surface area (Å²) in [5.74, 6) is -3.38. The number of carbonyl (C=O) groups is 3. The van der Waals surface area contributed by atoms with Gasteiger partial charge in [0.2, 0.25) is 0 Å². The number of hydrogen-bond acceptors (Lipinski definition) is 7. The molecule has 11 heteroatoms. The highest BCUT2D eigenvalue weighted by Crippen LogP contribution is 2.18. The molecule has 0 spiro atoms. The zero-order valence-electron chi connectivity index (χ0n) is 15.1. The highest BCUT2D eigenvalue weighted by Gasteiger charge is 2.21. The number of nitro groups is 1. The fraction of sp³-hybridized carbons (Fsp3) is 0.167. The lowest BCUT2D eigenvalue weighted by Gasteiger charge is -2.16. The van der Waals surface area contributed by atoms with E-state index in [2.05, 4.69) is 10.8 Å². The molecule has 0 fully saturated rings. The van der Waals surface area contributed by atoms with Crippen LogP contribution in [-0.2, 0) is 11.4 Å². The van der Waals surface area contributed by atoms with Crippen LogP contribution in [0.4, 0.5) is 5.69 Å². The van der Waals surface area contributed by atoms with Crippen LogP contribution in [0.1, 0.15) is 43.6 Å². The van der Waals surface area contributed by atoms with Crippen LogP contribution in [0.25, 0.3) is 0 Å². The summed E-state index contributed by atoms with van der Waals surface area (Å²) in [4.78, 5) is 50.1. The smallest absolute Gasteiger partial charge is 0.336 e. The Labute approximate surface area is 164 Å². The number of carbonyl (C=O) groups excluding carboxylic acids is 1. The number of carboxylic acid groups (broad SMARTS) is 2. The van der Waals surface area contributed by atoms with E-state index in [4.69, 9.17) is 9.94 Å². The zero-order valence-corrected chi connectivity index (χ0v) is 15.1. The molecule has 0 aliphatic heterocycles. The summed E-state index contributed by atoms with van der Waals surface area (Å²) in [6, 6.07) is 9.04. The second-order valence-electron chi connectivity index (χ2n) is 5.86. The van der Waals surface area contributed by atoms with Crippen molar-refractivity contribution in [2.75, 3.05) is 0 Å². The molecule has 1 atom stereocenters. The number of amides is 1. The molecule has 152 valence electrons. The number of non-ortho nitro benzene ring substituents is 1. The first-order valence-electron chi connectivity index (χ1n) is 8.21. The second kappa shape index (κ2) is 9.39. The maximum absolute atomic E-state index is 12.4. The van der Waals surface area contributed by atoms with E-state index in [0.717, 1.165) is 18.2 Å². The van der Waals surface area contributed by atoms with Gasteiger partial charge < -0.3 is 15.5 Å². The van der Waals surface area contributed by atoms with Crippen molar-refractivity contribution in [1.29, 1.82) is 0 Å². The van der Waals surface area contributed by atoms with Gasteiger partial charge >= 0.3 is 11.9 Å². The molecule has 0 heterocycles. The van der Waals surface area contributed by atoms with Crippen LogP contribution in [0.2, 0.25) is 0 Å². The Morgan fingerprint density at radius 2 is 1.72 bits per heavy atom. The molecule has 1 amide bonds. The van der Waals surface area contributed by atoms with E-state index in [1.807, 2.05) is 0 Å². The SMILES string of the molecule is CC(NOCc1ccccc1C(=O)O)NC(=O)c1cc([N+](=O)[O-])ccc1C(=O)O. The van der Waals surface area contributed by atoms with E-state index in [1.54, 1.807) is 18.2 Å². The summed E-state index contributed by atoms with van der Waals surface area (Å²) < 4.78 is 0. The van der Waals surface area contributed by atoms with E-state index in [9.17, 15) is 29.6 Å². The summed E-state index contributed by atoms with van der Waals surface area (Å²) in [6.45, 7) is 1.37. The second-order valence-corrected chi connectivity index (χ2v) is 5.86. The molecule has 11 nitrogen and oxygen atoms in total. The number of hydrogen-bond donors (Lipinski definition) is 4. The van der Waals surface area contributed by atoms with E-state index < -0.39 is 40.2 Å². The lowest BCUT2D eigenvalue weighted by molar-refractivity contribution is -0.384. The van der Waals surface area contributed by atoms with Crippen molar-refractivity contribution in [2.24, 2.45) is 0 Å². The first kappa shape index (κ1) is 21.5. The largest absolute Gasteiger partial charge is 0.478 e. The number of rotatable bonds is 9. The van der Waals surface area contributed by atoms with Crippen LogP contribution >= 0.6 is 0 Å². The Bertz CT molecular complexity index is 960. The van der Waals surface area contributed by atoms with Gasteiger partial charge in [-0.25, -0.2) is 9.59 Å². The van der Waals surface area contributed by atoms with Gasteiger partial charge in [0, 0.05) is 12.1 Å². The molecule has 0 aliphatic carbocycles. The van der Waals surface area contributed by atoms with Gasteiger partial charge in [-0.3, -0.25) is 19.7 Å². The fourth-order valence-corrected chi connectivity index (χ4v) is 2.42. The molecule has 2 aromatic rings. The minimum atomic E-state index is -1.41. The van der Waals surface area contributed by atoms with Crippen molar-refractivity contribution in [1.82, 2.24) is 10.8 Å². The zero-order chi connectivity index (χ0) is 21.6. The molecule has 2 rings (SSSR count). The number of benzene rings is 2. The topological polar surface area (TPSA) is 168 Å². The molecule has 4 N–H and O–H groups in total. The van der Waals surface area contributed by atoms with Crippen LogP contribution in [0.15, 0.2) is 42.5 Å². The van der Waals surface area contributed by atoms with Crippen LogP contribution in [0.3, 0.4) is 0 Å². The molecule has 0 bridgehead atoms. The predicted molar refractivity (Wildman–Crippen MR) is 98.3 cm³/mol. The maximum Gasteiger partial charge on any atom is 0.336 e. The Hall–Kier alpha value is -3.83. The van der Waals surface area contributed by atoms with Crippen molar-refractivity contribution >= 4 is 23.5 Å². The highest BCUT2D eigenvalue weighted by molar-refractivity contribution is 6.05. The van der Waals surface area contributed by atoms with Gasteiger partial charge in [0.15, 0.2) is 0 Å². The van der Waals surface area contributed by atoms with E-state index in [-0.39, 0.29) is 17.7 Å². The Kier molecular flexibility index (Phi) is 6.95. The van der Waals surface area contributed by atoms with Crippen molar-refractivity contribution in [3.63, 3.8) is 0 Å². The first-order valence-corrected chi connectivity index (χ1v) is 8.21. The molecule has 2 aromatic carbocycles. The Balaban J connectivity index is 2.02. The van der Waals surface area contributed by atoms with E-state index in [0.29, 0.717) is 5.56 Å². The highest BCUT2D eigenvalue weighted by atomic mass is 16.6. The predicted octanol–water partition coefficient (Wildman–Crippen LogP) is 1.79. The monoisotopic (exact) mass is 403 g/mol. The first-order chi connectivity index (χ1) is 13.7. The quantitative estimate of drug-likeness (QED) is 0.277.